The Morgan fingerprint density at radius 1 is 1.39 bits per heavy atom. The maximum atomic E-state index is 12.9. The van der Waals surface area contributed by atoms with Crippen molar-refractivity contribution in [3.05, 3.63) is 35.1 Å². The lowest BCUT2D eigenvalue weighted by Crippen LogP contribution is -2.74. The Kier molecular flexibility index (Phi) is 8.29. The lowest BCUT2D eigenvalue weighted by atomic mass is 10.0. The molecule has 192 valence electrons. The molecule has 2 aromatic heterocycles. The van der Waals surface area contributed by atoms with Gasteiger partial charge in [-0.05, 0) is 12.1 Å². The topological polar surface area (TPSA) is 197 Å². The molecule has 12 nitrogen and oxygen atoms in total. The van der Waals surface area contributed by atoms with Crippen LogP contribution in [0.2, 0.25) is 0 Å². The summed E-state index contributed by atoms with van der Waals surface area (Å²) in [6, 6.07) is 3.64. The Labute approximate surface area is 222 Å². The first-order chi connectivity index (χ1) is 17.3. The van der Waals surface area contributed by atoms with Crippen molar-refractivity contribution >= 4 is 75.9 Å². The smallest absolute Gasteiger partial charge is 0.322 e. The van der Waals surface area contributed by atoms with Crippen molar-refractivity contribution in [2.75, 3.05) is 30.3 Å². The molecule has 4 heterocycles. The monoisotopic (exact) mass is 569 g/mol. The van der Waals surface area contributed by atoms with Crippen LogP contribution in [0.3, 0.4) is 0 Å². The van der Waals surface area contributed by atoms with E-state index in [4.69, 9.17) is 11.5 Å². The quantitative estimate of drug-likeness (QED) is 0.0875. The van der Waals surface area contributed by atoms with E-state index in [0.29, 0.717) is 12.3 Å². The zero-order valence-electron chi connectivity index (χ0n) is 18.7. The number of carboxylic acid groups (broad SMARTS) is 1. The molecule has 0 saturated carbocycles. The number of carbonyl (C=O) groups excluding carboxylic acids is 2. The van der Waals surface area contributed by atoms with Gasteiger partial charge in [-0.25, -0.2) is 9.97 Å². The molecule has 4 rings (SSSR count). The Bertz CT molecular complexity index is 1190. The highest BCUT2D eigenvalue weighted by Gasteiger charge is 2.58. The van der Waals surface area contributed by atoms with Gasteiger partial charge in [0.05, 0.1) is 15.4 Å². The molecule has 1 unspecified atom stereocenters. The van der Waals surface area contributed by atoms with Crippen molar-refractivity contribution < 1.29 is 24.7 Å². The van der Waals surface area contributed by atoms with Crippen molar-refractivity contribution in [2.24, 2.45) is 10.9 Å². The first-order valence-corrected chi connectivity index (χ1v) is 14.5. The average Bonchev–Trinajstić information content (AvgIpc) is 3.29. The third-order valence-corrected chi connectivity index (χ3v) is 10.6. The number of oxime groups is 1. The van der Waals surface area contributed by atoms with Crippen LogP contribution in [0.15, 0.2) is 33.1 Å². The second-order valence-corrected chi connectivity index (χ2v) is 12.6. The molecule has 2 fully saturated rings. The van der Waals surface area contributed by atoms with Gasteiger partial charge < -0.3 is 32.0 Å². The molecular weight excluding hydrogens is 547 g/mol. The summed E-state index contributed by atoms with van der Waals surface area (Å²) < 4.78 is -0.452. The van der Waals surface area contributed by atoms with Crippen LogP contribution in [0.25, 0.3) is 0 Å². The molecule has 0 spiro atoms. The maximum Gasteiger partial charge on any atom is 0.322 e. The maximum absolute atomic E-state index is 12.9. The first-order valence-electron chi connectivity index (χ1n) is 10.6. The number of aliphatic carboxylic acids is 1. The Balaban J connectivity index is 1.43. The van der Waals surface area contributed by atoms with E-state index >= 15 is 0 Å². The number of carboxylic acids is 1. The molecule has 0 aliphatic carbocycles. The number of anilines is 1. The van der Waals surface area contributed by atoms with Crippen molar-refractivity contribution in [2.45, 2.75) is 26.1 Å². The zero-order valence-corrected chi connectivity index (χ0v) is 22.0. The van der Waals surface area contributed by atoms with Crippen molar-refractivity contribution in [3.8, 4) is 0 Å². The van der Waals surface area contributed by atoms with Gasteiger partial charge in [0.25, 0.3) is 5.91 Å². The average molecular weight is 570 g/mol. The van der Waals surface area contributed by atoms with Gasteiger partial charge in [0, 0.05) is 30.3 Å². The molecule has 36 heavy (non-hydrogen) atoms. The Hall–Kier alpha value is -2.53. The number of hydrogen-bond acceptors (Lipinski definition) is 13. The third-order valence-electron chi connectivity index (χ3n) is 5.45. The lowest BCUT2D eigenvalue weighted by Gasteiger charge is -2.53. The van der Waals surface area contributed by atoms with Crippen molar-refractivity contribution in [1.29, 1.82) is 0 Å². The zero-order chi connectivity index (χ0) is 25.9. The number of thioether (sulfide) groups is 3. The van der Waals surface area contributed by atoms with Crippen LogP contribution in [0.4, 0.5) is 5.82 Å². The number of hydrogen-bond donors (Lipinski definition) is 5. The standard InChI is InChI=1S/C20H23N7O5S4/c21-4-5-33-6-11-18(35-9-23-11)36-20(19(30)31)7-27-16(29)14(17(27)34-8-20)25-15(28)13(26-32)10-2-1-3-12(22)24-10/h1-3,9,14,17,32H,4-8,21H2,(H2,22,24)(H,25,28)(H,30,31)/t14-,17-,20?/m1/s1. The highest BCUT2D eigenvalue weighted by molar-refractivity contribution is 8.06. The molecule has 0 bridgehead atoms. The minimum atomic E-state index is -1.26. The summed E-state index contributed by atoms with van der Waals surface area (Å²) in [5.41, 5.74) is 13.4. The Morgan fingerprint density at radius 2 is 2.19 bits per heavy atom. The third kappa shape index (κ3) is 5.27. The summed E-state index contributed by atoms with van der Waals surface area (Å²) in [6.45, 7) is 0.533. The van der Waals surface area contributed by atoms with Crippen LogP contribution < -0.4 is 16.8 Å². The minimum absolute atomic E-state index is 0.0130. The van der Waals surface area contributed by atoms with E-state index in [-0.39, 0.29) is 29.5 Å². The highest BCUT2D eigenvalue weighted by atomic mass is 32.2. The fourth-order valence-electron chi connectivity index (χ4n) is 3.66. The number of amides is 2. The summed E-state index contributed by atoms with van der Waals surface area (Å²) in [5, 5.41) is 24.6. The molecule has 2 aliphatic rings. The van der Waals surface area contributed by atoms with Gasteiger partial charge in [-0.2, -0.15) is 11.8 Å². The normalized spacial score (nSPS) is 23.6. The molecule has 7 N–H and O–H groups in total. The van der Waals surface area contributed by atoms with Gasteiger partial charge in [-0.1, -0.05) is 23.0 Å². The van der Waals surface area contributed by atoms with Gasteiger partial charge in [-0.15, -0.1) is 23.1 Å². The van der Waals surface area contributed by atoms with E-state index in [9.17, 15) is 24.7 Å². The predicted molar refractivity (Wildman–Crippen MR) is 140 cm³/mol. The number of aromatic nitrogens is 2. The van der Waals surface area contributed by atoms with Gasteiger partial charge >= 0.3 is 5.97 Å². The number of carbonyl (C=O) groups is 3. The van der Waals surface area contributed by atoms with Crippen LogP contribution in [-0.4, -0.2) is 89.4 Å². The molecule has 2 aliphatic heterocycles. The summed E-state index contributed by atoms with van der Waals surface area (Å²) in [6.07, 6.45) is 0. The van der Waals surface area contributed by atoms with Crippen molar-refractivity contribution in [3.63, 3.8) is 0 Å². The predicted octanol–water partition coefficient (Wildman–Crippen LogP) is 0.506. The SMILES string of the molecule is NCCSCc1ncsc1SC1(C(=O)O)CS[C@@H]2[C@H](NC(=O)C(=NO)c3cccc(N)n3)C(=O)N2C1. The van der Waals surface area contributed by atoms with Gasteiger partial charge in [-0.3, -0.25) is 14.4 Å². The summed E-state index contributed by atoms with van der Waals surface area (Å²) in [4.78, 5) is 47.8. The molecule has 2 amide bonds. The van der Waals surface area contributed by atoms with E-state index in [1.165, 1.54) is 51.9 Å². The summed E-state index contributed by atoms with van der Waals surface area (Å²) in [7, 11) is 0. The van der Waals surface area contributed by atoms with Crippen LogP contribution in [0, 0.1) is 0 Å². The number of rotatable bonds is 10. The van der Waals surface area contributed by atoms with Crippen LogP contribution in [0.5, 0.6) is 0 Å². The number of thiazole rings is 1. The second-order valence-electron chi connectivity index (χ2n) is 7.84. The highest BCUT2D eigenvalue weighted by Crippen LogP contribution is 2.48. The van der Waals surface area contributed by atoms with Crippen LogP contribution in [-0.2, 0) is 20.1 Å². The molecule has 3 atom stereocenters. The van der Waals surface area contributed by atoms with E-state index in [2.05, 4.69) is 20.4 Å². The molecule has 0 radical (unpaired) electrons. The van der Waals surface area contributed by atoms with Crippen molar-refractivity contribution in [1.82, 2.24) is 20.2 Å². The molecule has 0 aromatic carbocycles. The Morgan fingerprint density at radius 3 is 2.89 bits per heavy atom. The molecular formula is C20H23N7O5S4. The fourth-order valence-corrected chi connectivity index (χ4v) is 8.62. The lowest BCUT2D eigenvalue weighted by molar-refractivity contribution is -0.151. The van der Waals surface area contributed by atoms with E-state index in [1.807, 2.05) is 0 Å². The largest absolute Gasteiger partial charge is 0.480 e. The van der Waals surface area contributed by atoms with E-state index < -0.39 is 33.9 Å². The summed E-state index contributed by atoms with van der Waals surface area (Å²) in [5.74, 6) is -0.457. The molecule has 2 saturated heterocycles. The number of nitrogen functional groups attached to an aromatic ring is 1. The summed E-state index contributed by atoms with van der Waals surface area (Å²) >= 11 is 5.49. The molecule has 2 aromatic rings. The number of nitrogens with zero attached hydrogens (tertiary/aromatic N) is 4. The van der Waals surface area contributed by atoms with Crippen LogP contribution >= 0.6 is 46.6 Å². The number of fused-ring (bicyclic) bond motifs is 1. The number of pyridine rings is 1. The second kappa shape index (κ2) is 11.2. The molecule has 16 heteroatoms. The van der Waals surface area contributed by atoms with E-state index in [1.54, 1.807) is 23.3 Å². The number of nitrogens with one attached hydrogen (secondary N) is 1. The van der Waals surface area contributed by atoms with Gasteiger partial charge in [0.2, 0.25) is 5.91 Å². The van der Waals surface area contributed by atoms with Crippen LogP contribution in [0.1, 0.15) is 11.4 Å². The first kappa shape index (κ1) is 26.5. The van der Waals surface area contributed by atoms with Gasteiger partial charge in [0.1, 0.15) is 27.7 Å². The number of β-lactam (4-membered cyclic amide) rings is 1. The fraction of sp³-hybridized carbons (Fsp3) is 0.400. The number of nitrogens with two attached hydrogens (primary N) is 2. The van der Waals surface area contributed by atoms with Gasteiger partial charge in [0.15, 0.2) is 5.71 Å². The van der Waals surface area contributed by atoms with E-state index in [0.717, 1.165) is 15.7 Å². The minimum Gasteiger partial charge on any atom is -0.480 e.